The zero-order valence-corrected chi connectivity index (χ0v) is 7.29. The van der Waals surface area contributed by atoms with Crippen LogP contribution in [0.5, 0.6) is 6.01 Å². The highest BCUT2D eigenvalue weighted by Crippen LogP contribution is 2.05. The molecule has 64 valence electrons. The van der Waals surface area contributed by atoms with Gasteiger partial charge in [0.2, 0.25) is 0 Å². The highest BCUT2D eigenvalue weighted by Gasteiger charge is 2.02. The van der Waals surface area contributed by atoms with Crippen molar-refractivity contribution in [2.45, 2.75) is 20.8 Å². The van der Waals surface area contributed by atoms with Crippen LogP contribution >= 0.6 is 0 Å². The van der Waals surface area contributed by atoms with Gasteiger partial charge in [-0.15, -0.1) is 0 Å². The van der Waals surface area contributed by atoms with Crippen LogP contribution < -0.4 is 4.74 Å². The Hall–Kier alpha value is -1.45. The van der Waals surface area contributed by atoms with Crippen molar-refractivity contribution in [3.05, 3.63) is 17.5 Å². The number of rotatable bonds is 1. The number of aryl methyl sites for hydroxylation is 2. The lowest BCUT2D eigenvalue weighted by molar-refractivity contribution is -0.132. The maximum absolute atomic E-state index is 10.5. The van der Waals surface area contributed by atoms with Crippen LogP contribution in [0.2, 0.25) is 0 Å². The minimum atomic E-state index is -0.403. The van der Waals surface area contributed by atoms with Gasteiger partial charge in [0.05, 0.1) is 0 Å². The molecular formula is C8H10N2O2. The molecule has 0 N–H and O–H groups in total. The normalized spacial score (nSPS) is 9.58. The Balaban J connectivity index is 2.93. The van der Waals surface area contributed by atoms with Gasteiger partial charge < -0.3 is 4.74 Å². The maximum atomic E-state index is 10.5. The van der Waals surface area contributed by atoms with Crippen molar-refractivity contribution >= 4 is 5.97 Å². The van der Waals surface area contributed by atoms with Gasteiger partial charge in [-0.25, -0.2) is 9.97 Å². The lowest BCUT2D eigenvalue weighted by Gasteiger charge is -2.00. The van der Waals surface area contributed by atoms with Gasteiger partial charge in [0, 0.05) is 18.3 Å². The molecule has 0 unspecified atom stereocenters. The number of hydrogen-bond acceptors (Lipinski definition) is 4. The van der Waals surface area contributed by atoms with Crippen LogP contribution in [-0.2, 0) is 4.79 Å². The molecule has 1 aromatic heterocycles. The lowest BCUT2D eigenvalue weighted by Crippen LogP contribution is -2.06. The predicted molar refractivity (Wildman–Crippen MR) is 42.8 cm³/mol. The van der Waals surface area contributed by atoms with E-state index in [1.165, 1.54) is 6.92 Å². The number of nitrogens with zero attached hydrogens (tertiary/aromatic N) is 2. The summed E-state index contributed by atoms with van der Waals surface area (Å²) in [6.45, 7) is 4.96. The summed E-state index contributed by atoms with van der Waals surface area (Å²) in [6.07, 6.45) is 0. The van der Waals surface area contributed by atoms with Crippen LogP contribution in [0.3, 0.4) is 0 Å². The minimum Gasteiger partial charge on any atom is -0.391 e. The van der Waals surface area contributed by atoms with Gasteiger partial charge >= 0.3 is 12.0 Å². The SMILES string of the molecule is CC(=O)Oc1nc(C)cc(C)n1. The van der Waals surface area contributed by atoms with Crippen LogP contribution in [0, 0.1) is 13.8 Å². The monoisotopic (exact) mass is 166 g/mol. The van der Waals surface area contributed by atoms with E-state index in [4.69, 9.17) is 4.74 Å². The third-order valence-electron chi connectivity index (χ3n) is 1.20. The zero-order chi connectivity index (χ0) is 9.14. The second-order valence-electron chi connectivity index (χ2n) is 2.53. The van der Waals surface area contributed by atoms with E-state index in [1.807, 2.05) is 19.9 Å². The largest absolute Gasteiger partial charge is 0.391 e. The number of aromatic nitrogens is 2. The Bertz CT molecular complexity index is 290. The van der Waals surface area contributed by atoms with Crippen LogP contribution in [0.25, 0.3) is 0 Å². The van der Waals surface area contributed by atoms with Crippen molar-refractivity contribution in [1.29, 1.82) is 0 Å². The Morgan fingerprint density at radius 3 is 2.25 bits per heavy atom. The highest BCUT2D eigenvalue weighted by atomic mass is 16.5. The summed E-state index contributed by atoms with van der Waals surface area (Å²) in [5.74, 6) is -0.403. The molecule has 0 saturated heterocycles. The first-order chi connectivity index (χ1) is 5.58. The number of esters is 1. The topological polar surface area (TPSA) is 52.1 Å². The minimum absolute atomic E-state index is 0.125. The molecule has 0 aromatic carbocycles. The first-order valence-corrected chi connectivity index (χ1v) is 3.58. The average molecular weight is 166 g/mol. The summed E-state index contributed by atoms with van der Waals surface area (Å²) in [7, 11) is 0. The first-order valence-electron chi connectivity index (χ1n) is 3.58. The summed E-state index contributed by atoms with van der Waals surface area (Å²) in [5, 5.41) is 0. The molecule has 0 atom stereocenters. The van der Waals surface area contributed by atoms with Crippen molar-refractivity contribution in [3.63, 3.8) is 0 Å². The summed E-state index contributed by atoms with van der Waals surface area (Å²) in [6, 6.07) is 1.94. The third kappa shape index (κ3) is 2.30. The lowest BCUT2D eigenvalue weighted by atomic mass is 10.4. The molecule has 4 nitrogen and oxygen atoms in total. The van der Waals surface area contributed by atoms with E-state index >= 15 is 0 Å². The van der Waals surface area contributed by atoms with E-state index in [9.17, 15) is 4.79 Å². The molecule has 1 aromatic rings. The molecule has 12 heavy (non-hydrogen) atoms. The fourth-order valence-electron chi connectivity index (χ4n) is 0.868. The van der Waals surface area contributed by atoms with Gasteiger partial charge in [-0.2, -0.15) is 0 Å². The number of ether oxygens (including phenoxy) is 1. The van der Waals surface area contributed by atoms with E-state index in [2.05, 4.69) is 9.97 Å². The molecule has 0 radical (unpaired) electrons. The average Bonchev–Trinajstić information content (AvgIpc) is 1.81. The molecule has 0 amide bonds. The summed E-state index contributed by atoms with van der Waals surface area (Å²) >= 11 is 0. The second kappa shape index (κ2) is 3.30. The maximum Gasteiger partial charge on any atom is 0.324 e. The molecule has 0 aliphatic rings. The van der Waals surface area contributed by atoms with Crippen LogP contribution in [0.15, 0.2) is 6.07 Å². The molecule has 0 spiro atoms. The molecule has 1 heterocycles. The van der Waals surface area contributed by atoms with Gasteiger partial charge in [0.1, 0.15) is 0 Å². The number of carbonyl (C=O) groups excluding carboxylic acids is 1. The van der Waals surface area contributed by atoms with E-state index < -0.39 is 5.97 Å². The summed E-state index contributed by atoms with van der Waals surface area (Å²) in [5.41, 5.74) is 1.58. The molecule has 0 aliphatic carbocycles. The summed E-state index contributed by atoms with van der Waals surface area (Å²) in [4.78, 5) is 18.4. The van der Waals surface area contributed by atoms with Gasteiger partial charge in [0.25, 0.3) is 0 Å². The quantitative estimate of drug-likeness (QED) is 0.584. The van der Waals surface area contributed by atoms with Crippen molar-refractivity contribution in [3.8, 4) is 6.01 Å². The van der Waals surface area contributed by atoms with E-state index in [0.717, 1.165) is 11.4 Å². The van der Waals surface area contributed by atoms with Crippen LogP contribution in [0.4, 0.5) is 0 Å². The smallest absolute Gasteiger partial charge is 0.324 e. The molecular weight excluding hydrogens is 156 g/mol. The third-order valence-corrected chi connectivity index (χ3v) is 1.20. The summed E-state index contributed by atoms with van der Waals surface area (Å²) < 4.78 is 4.71. The van der Waals surface area contributed by atoms with E-state index in [0.29, 0.717) is 0 Å². The number of hydrogen-bond donors (Lipinski definition) is 0. The fourth-order valence-corrected chi connectivity index (χ4v) is 0.868. The number of carbonyl (C=O) groups is 1. The van der Waals surface area contributed by atoms with E-state index in [1.54, 1.807) is 0 Å². The van der Waals surface area contributed by atoms with E-state index in [-0.39, 0.29) is 6.01 Å². The molecule has 0 aliphatic heterocycles. The van der Waals surface area contributed by atoms with Gasteiger partial charge in [-0.3, -0.25) is 4.79 Å². The Morgan fingerprint density at radius 2 is 1.83 bits per heavy atom. The molecule has 0 saturated carbocycles. The Labute approximate surface area is 70.6 Å². The Kier molecular flexibility index (Phi) is 2.38. The van der Waals surface area contributed by atoms with Crippen molar-refractivity contribution in [2.75, 3.05) is 0 Å². The van der Waals surface area contributed by atoms with Crippen molar-refractivity contribution < 1.29 is 9.53 Å². The van der Waals surface area contributed by atoms with Crippen molar-refractivity contribution in [1.82, 2.24) is 9.97 Å². The van der Waals surface area contributed by atoms with Crippen LogP contribution in [-0.4, -0.2) is 15.9 Å². The second-order valence-corrected chi connectivity index (χ2v) is 2.53. The molecule has 0 fully saturated rings. The molecule has 4 heteroatoms. The van der Waals surface area contributed by atoms with Gasteiger partial charge in [-0.05, 0) is 19.9 Å². The molecule has 1 rings (SSSR count). The fraction of sp³-hybridized carbons (Fsp3) is 0.375. The zero-order valence-electron chi connectivity index (χ0n) is 7.29. The van der Waals surface area contributed by atoms with Crippen molar-refractivity contribution in [2.24, 2.45) is 0 Å². The van der Waals surface area contributed by atoms with Gasteiger partial charge in [-0.1, -0.05) is 0 Å². The Morgan fingerprint density at radius 1 is 1.33 bits per heavy atom. The van der Waals surface area contributed by atoms with Gasteiger partial charge in [0.15, 0.2) is 0 Å². The standard InChI is InChI=1S/C8H10N2O2/c1-5-4-6(2)10-8(9-5)12-7(3)11/h4H,1-3H3. The van der Waals surface area contributed by atoms with Crippen LogP contribution in [0.1, 0.15) is 18.3 Å². The highest BCUT2D eigenvalue weighted by molar-refractivity contribution is 5.68. The molecule has 0 bridgehead atoms. The predicted octanol–water partition coefficient (Wildman–Crippen LogP) is 1.02. The first kappa shape index (κ1) is 8.64.